The van der Waals surface area contributed by atoms with Crippen molar-refractivity contribution in [1.82, 2.24) is 9.97 Å². The van der Waals surface area contributed by atoms with Gasteiger partial charge in [-0.1, -0.05) is 20.8 Å². The van der Waals surface area contributed by atoms with Crippen molar-refractivity contribution in [2.24, 2.45) is 0 Å². The molecule has 0 aliphatic carbocycles. The van der Waals surface area contributed by atoms with Gasteiger partial charge in [-0.3, -0.25) is 4.98 Å². The maximum Gasteiger partial charge on any atom is 0.145 e. The van der Waals surface area contributed by atoms with Crippen molar-refractivity contribution in [2.75, 3.05) is 18.5 Å². The molecule has 1 aliphatic heterocycles. The third-order valence-corrected chi connectivity index (χ3v) is 2.39. The number of hydrogen-bond acceptors (Lipinski definition) is 4. The van der Waals surface area contributed by atoms with Gasteiger partial charge in [0.15, 0.2) is 0 Å². The molecule has 1 aromatic rings. The summed E-state index contributed by atoms with van der Waals surface area (Å²) in [5, 5.41) is 3.29. The minimum Gasteiger partial charge on any atom is -0.377 e. The monoisotopic (exact) mass is 209 g/mol. The smallest absolute Gasteiger partial charge is 0.145 e. The molecule has 0 atom stereocenters. The second-order valence-electron chi connectivity index (χ2n) is 4.92. The molecule has 1 aromatic heterocycles. The van der Waals surface area contributed by atoms with E-state index < -0.39 is 0 Å². The van der Waals surface area contributed by atoms with E-state index in [0.717, 1.165) is 24.7 Å². The Bertz CT molecular complexity index is 347. The van der Waals surface area contributed by atoms with E-state index >= 15 is 0 Å². The number of ether oxygens (including phenoxy) is 1. The van der Waals surface area contributed by atoms with Crippen molar-refractivity contribution in [3.8, 4) is 0 Å². The van der Waals surface area contributed by atoms with Gasteiger partial charge in [0.2, 0.25) is 0 Å². The normalized spacial score (nSPS) is 17.3. The lowest BCUT2D eigenvalue weighted by Crippen LogP contribution is -2.40. The van der Waals surface area contributed by atoms with Crippen LogP contribution in [-0.2, 0) is 10.2 Å². The van der Waals surface area contributed by atoms with Crippen molar-refractivity contribution in [3.05, 3.63) is 18.1 Å². The molecule has 1 N–H and O–H groups in total. The van der Waals surface area contributed by atoms with E-state index in [-0.39, 0.29) is 6.84 Å². The highest BCUT2D eigenvalue weighted by molar-refractivity contribution is 5.34. The molecule has 0 bridgehead atoms. The van der Waals surface area contributed by atoms with Gasteiger partial charge in [-0.25, -0.2) is 4.98 Å². The van der Waals surface area contributed by atoms with E-state index in [1.807, 2.05) is 6.20 Å². The molecule has 0 unspecified atom stereocenters. The Balaban J connectivity index is 0.00000128. The first-order chi connectivity index (χ1) is 7.05. The Hall–Kier alpha value is -1.16. The standard InChI is InChI=1S/C11H17N3O.H2/c1-11(2,3)9-4-12-5-10(14-9)13-8-6-15-7-8;/h4-5,8H,6-7H2,1-3H3,(H,13,14);1H. The van der Waals surface area contributed by atoms with Crippen molar-refractivity contribution in [2.45, 2.75) is 32.2 Å². The number of rotatable bonds is 2. The zero-order chi connectivity index (χ0) is 10.9. The fraction of sp³-hybridized carbons (Fsp3) is 0.636. The SMILES string of the molecule is CC(C)(C)c1cncc(NC2COC2)n1.[HH]. The van der Waals surface area contributed by atoms with Crippen LogP contribution < -0.4 is 5.32 Å². The summed E-state index contributed by atoms with van der Waals surface area (Å²) in [6.07, 6.45) is 3.58. The van der Waals surface area contributed by atoms with Gasteiger partial charge in [0.05, 0.1) is 31.1 Å². The van der Waals surface area contributed by atoms with Crippen LogP contribution in [0.2, 0.25) is 0 Å². The van der Waals surface area contributed by atoms with Crippen LogP contribution in [0.4, 0.5) is 5.82 Å². The van der Waals surface area contributed by atoms with Crippen LogP contribution in [0.5, 0.6) is 0 Å². The summed E-state index contributed by atoms with van der Waals surface area (Å²) in [5.74, 6) is 0.843. The lowest BCUT2D eigenvalue weighted by Gasteiger charge is -2.27. The van der Waals surface area contributed by atoms with E-state index in [1.165, 1.54) is 0 Å². The molecule has 0 amide bonds. The molecular formula is C11H19N3O. The maximum atomic E-state index is 5.09. The Kier molecular flexibility index (Phi) is 2.61. The molecule has 4 heteroatoms. The topological polar surface area (TPSA) is 47.0 Å². The Labute approximate surface area is 91.6 Å². The minimum absolute atomic E-state index is 0. The maximum absolute atomic E-state index is 5.09. The zero-order valence-electron chi connectivity index (χ0n) is 9.45. The van der Waals surface area contributed by atoms with Gasteiger partial charge in [0.25, 0.3) is 0 Å². The summed E-state index contributed by atoms with van der Waals surface area (Å²) in [7, 11) is 0. The highest BCUT2D eigenvalue weighted by Crippen LogP contribution is 2.20. The first kappa shape index (κ1) is 10.4. The summed E-state index contributed by atoms with van der Waals surface area (Å²) in [4.78, 5) is 8.73. The van der Waals surface area contributed by atoms with Crippen LogP contribution in [-0.4, -0.2) is 29.2 Å². The largest absolute Gasteiger partial charge is 0.377 e. The molecule has 0 saturated carbocycles. The number of nitrogens with one attached hydrogen (secondary N) is 1. The first-order valence-electron chi connectivity index (χ1n) is 5.22. The molecule has 1 aliphatic rings. The summed E-state index contributed by atoms with van der Waals surface area (Å²) in [6, 6.07) is 0.398. The molecule has 0 radical (unpaired) electrons. The molecule has 2 heterocycles. The fourth-order valence-electron chi connectivity index (χ4n) is 1.33. The molecule has 2 rings (SSSR count). The second kappa shape index (κ2) is 3.77. The van der Waals surface area contributed by atoms with Gasteiger partial charge in [-0.2, -0.15) is 0 Å². The van der Waals surface area contributed by atoms with Crippen LogP contribution in [0.15, 0.2) is 12.4 Å². The quantitative estimate of drug-likeness (QED) is 0.807. The van der Waals surface area contributed by atoms with Crippen molar-refractivity contribution in [1.29, 1.82) is 0 Å². The van der Waals surface area contributed by atoms with Gasteiger partial charge in [0.1, 0.15) is 5.82 Å². The highest BCUT2D eigenvalue weighted by atomic mass is 16.5. The Morgan fingerprint density at radius 2 is 2.13 bits per heavy atom. The van der Waals surface area contributed by atoms with E-state index in [1.54, 1.807) is 6.20 Å². The molecule has 15 heavy (non-hydrogen) atoms. The molecule has 0 spiro atoms. The lowest BCUT2D eigenvalue weighted by molar-refractivity contribution is 0.0209. The third kappa shape index (κ3) is 2.45. The van der Waals surface area contributed by atoms with Crippen molar-refractivity contribution in [3.63, 3.8) is 0 Å². The van der Waals surface area contributed by atoms with Crippen molar-refractivity contribution < 1.29 is 6.16 Å². The summed E-state index contributed by atoms with van der Waals surface area (Å²) in [6.45, 7) is 7.93. The molecular weight excluding hydrogens is 190 g/mol. The highest BCUT2D eigenvalue weighted by Gasteiger charge is 2.20. The molecule has 84 valence electrons. The van der Waals surface area contributed by atoms with Crippen LogP contribution in [0.1, 0.15) is 27.9 Å². The summed E-state index contributed by atoms with van der Waals surface area (Å²) >= 11 is 0. The summed E-state index contributed by atoms with van der Waals surface area (Å²) < 4.78 is 5.09. The van der Waals surface area contributed by atoms with Crippen LogP contribution in [0.25, 0.3) is 0 Å². The van der Waals surface area contributed by atoms with Gasteiger partial charge >= 0.3 is 0 Å². The van der Waals surface area contributed by atoms with Gasteiger partial charge in [-0.05, 0) is 0 Å². The molecule has 4 nitrogen and oxygen atoms in total. The Morgan fingerprint density at radius 1 is 1.40 bits per heavy atom. The van der Waals surface area contributed by atoms with Crippen LogP contribution >= 0.6 is 0 Å². The van der Waals surface area contributed by atoms with Gasteiger partial charge in [0, 0.05) is 13.0 Å². The average Bonchev–Trinajstić information content (AvgIpc) is 2.11. The van der Waals surface area contributed by atoms with Gasteiger partial charge < -0.3 is 10.1 Å². The fourth-order valence-corrected chi connectivity index (χ4v) is 1.33. The summed E-state index contributed by atoms with van der Waals surface area (Å²) in [5.41, 5.74) is 1.05. The van der Waals surface area contributed by atoms with E-state index in [2.05, 4.69) is 36.1 Å². The van der Waals surface area contributed by atoms with E-state index in [0.29, 0.717) is 6.04 Å². The first-order valence-corrected chi connectivity index (χ1v) is 5.22. The minimum atomic E-state index is 0. The van der Waals surface area contributed by atoms with E-state index in [4.69, 9.17) is 4.74 Å². The molecule has 1 saturated heterocycles. The van der Waals surface area contributed by atoms with Crippen LogP contribution in [0.3, 0.4) is 0 Å². The number of aromatic nitrogens is 2. The lowest BCUT2D eigenvalue weighted by atomic mass is 9.93. The predicted molar refractivity (Wildman–Crippen MR) is 61.1 cm³/mol. The number of hydrogen-bond donors (Lipinski definition) is 1. The average molecular weight is 209 g/mol. The number of anilines is 1. The zero-order valence-corrected chi connectivity index (χ0v) is 9.45. The predicted octanol–water partition coefficient (Wildman–Crippen LogP) is 1.83. The number of nitrogens with zero attached hydrogens (tertiary/aromatic N) is 2. The molecule has 1 fully saturated rings. The Morgan fingerprint density at radius 3 is 2.67 bits per heavy atom. The molecule has 0 aromatic carbocycles. The van der Waals surface area contributed by atoms with E-state index in [9.17, 15) is 0 Å². The second-order valence-corrected chi connectivity index (χ2v) is 4.92. The van der Waals surface area contributed by atoms with Crippen LogP contribution in [0, 0.1) is 0 Å². The van der Waals surface area contributed by atoms with Crippen molar-refractivity contribution >= 4 is 5.82 Å². The third-order valence-electron chi connectivity index (χ3n) is 2.39. The van der Waals surface area contributed by atoms with Gasteiger partial charge in [-0.15, -0.1) is 0 Å².